The predicted octanol–water partition coefficient (Wildman–Crippen LogP) is 6.04. The summed E-state index contributed by atoms with van der Waals surface area (Å²) in [6, 6.07) is 19.6. The lowest BCUT2D eigenvalue weighted by Gasteiger charge is -2.37. The second-order valence-corrected chi connectivity index (χ2v) is 10.3. The number of halogens is 1. The van der Waals surface area contributed by atoms with Gasteiger partial charge in [-0.3, -0.25) is 4.79 Å². The van der Waals surface area contributed by atoms with E-state index < -0.39 is 5.60 Å². The Morgan fingerprint density at radius 2 is 1.66 bits per heavy atom. The molecule has 0 spiro atoms. The van der Waals surface area contributed by atoms with E-state index in [1.807, 2.05) is 64.1 Å². The van der Waals surface area contributed by atoms with Crippen molar-refractivity contribution < 1.29 is 14.3 Å². The largest absolute Gasteiger partial charge is 0.444 e. The van der Waals surface area contributed by atoms with Crippen molar-refractivity contribution in [2.45, 2.75) is 39.3 Å². The molecule has 0 aromatic heterocycles. The molecule has 7 heteroatoms. The number of ether oxygens (including phenoxy) is 1. The van der Waals surface area contributed by atoms with E-state index in [4.69, 9.17) is 16.3 Å². The molecule has 184 valence electrons. The molecule has 3 aromatic carbocycles. The van der Waals surface area contributed by atoms with Gasteiger partial charge in [0, 0.05) is 31.9 Å². The second-order valence-electron chi connectivity index (χ2n) is 9.88. The fourth-order valence-corrected chi connectivity index (χ4v) is 4.54. The summed E-state index contributed by atoms with van der Waals surface area (Å²) < 4.78 is 5.48. The van der Waals surface area contributed by atoms with Crippen molar-refractivity contribution in [3.8, 4) is 0 Å². The van der Waals surface area contributed by atoms with Gasteiger partial charge in [-0.1, -0.05) is 54.1 Å². The number of hydrogen-bond donors (Lipinski definition) is 1. The fraction of sp³-hybridized carbons (Fsp3) is 0.357. The predicted molar refractivity (Wildman–Crippen MR) is 141 cm³/mol. The average Bonchev–Trinajstić information content (AvgIpc) is 2.83. The molecule has 1 heterocycles. The van der Waals surface area contributed by atoms with Gasteiger partial charge in [-0.25, -0.2) is 4.79 Å². The Bertz CT molecular complexity index is 1220. The van der Waals surface area contributed by atoms with Crippen LogP contribution in [0, 0.1) is 0 Å². The summed E-state index contributed by atoms with van der Waals surface area (Å²) in [5, 5.41) is 5.77. The van der Waals surface area contributed by atoms with Crippen LogP contribution in [0.1, 0.15) is 49.7 Å². The number of carbonyl (C=O) groups is 2. The first-order valence-corrected chi connectivity index (χ1v) is 12.3. The molecule has 1 fully saturated rings. The molecule has 4 rings (SSSR count). The minimum absolute atomic E-state index is 0.189. The van der Waals surface area contributed by atoms with E-state index in [9.17, 15) is 9.59 Å². The molecular weight excluding hydrogens is 462 g/mol. The van der Waals surface area contributed by atoms with Gasteiger partial charge in [-0.2, -0.15) is 0 Å². The Morgan fingerprint density at radius 1 is 0.971 bits per heavy atom. The van der Waals surface area contributed by atoms with Crippen molar-refractivity contribution in [3.63, 3.8) is 0 Å². The van der Waals surface area contributed by atoms with Crippen LogP contribution in [-0.4, -0.2) is 48.7 Å². The Kier molecular flexibility index (Phi) is 7.22. The number of nitrogens with zero attached hydrogens (tertiary/aromatic N) is 2. The third-order valence-corrected chi connectivity index (χ3v) is 6.46. The Hall–Kier alpha value is -3.25. The molecule has 35 heavy (non-hydrogen) atoms. The lowest BCUT2D eigenvalue weighted by Crippen LogP contribution is -2.50. The van der Waals surface area contributed by atoms with E-state index in [1.54, 1.807) is 11.0 Å². The van der Waals surface area contributed by atoms with Crippen molar-refractivity contribution in [2.24, 2.45) is 0 Å². The summed E-state index contributed by atoms with van der Waals surface area (Å²) in [6.45, 7) is 9.97. The number of rotatable bonds is 4. The summed E-state index contributed by atoms with van der Waals surface area (Å²) in [5.74, 6) is -0.218. The van der Waals surface area contributed by atoms with Gasteiger partial charge in [-0.05, 0) is 62.2 Å². The highest BCUT2D eigenvalue weighted by Crippen LogP contribution is 2.27. The molecule has 0 bridgehead atoms. The number of benzene rings is 3. The smallest absolute Gasteiger partial charge is 0.410 e. The maximum absolute atomic E-state index is 13.2. The molecule has 1 N–H and O–H groups in total. The van der Waals surface area contributed by atoms with E-state index in [2.05, 4.69) is 28.4 Å². The standard InChI is InChI=1S/C28H32ClN3O3/c1-19(22-11-7-9-20-8-5-6-10-23(20)22)30-26(33)24-18-21(12-13-25(24)29)31-14-16-32(17-15-31)27(34)35-28(2,3)4/h5-13,18-19H,14-17H2,1-4H3,(H,30,33)/t19-/m1/s1. The number of piperazine rings is 1. The van der Waals surface area contributed by atoms with Gasteiger partial charge in [0.2, 0.25) is 0 Å². The average molecular weight is 494 g/mol. The molecule has 3 aromatic rings. The van der Waals surface area contributed by atoms with E-state index in [1.165, 1.54) is 0 Å². The maximum Gasteiger partial charge on any atom is 0.410 e. The van der Waals surface area contributed by atoms with Gasteiger partial charge in [0.05, 0.1) is 16.6 Å². The number of fused-ring (bicyclic) bond motifs is 1. The normalized spacial score (nSPS) is 15.1. The number of hydrogen-bond acceptors (Lipinski definition) is 4. The van der Waals surface area contributed by atoms with Crippen LogP contribution < -0.4 is 10.2 Å². The number of anilines is 1. The maximum atomic E-state index is 13.2. The third kappa shape index (κ3) is 5.88. The van der Waals surface area contributed by atoms with Crippen molar-refractivity contribution in [1.82, 2.24) is 10.2 Å². The minimum Gasteiger partial charge on any atom is -0.444 e. The highest BCUT2D eigenvalue weighted by molar-refractivity contribution is 6.34. The topological polar surface area (TPSA) is 61.9 Å². The first kappa shape index (κ1) is 24.9. The van der Waals surface area contributed by atoms with Gasteiger partial charge in [0.15, 0.2) is 0 Å². The van der Waals surface area contributed by atoms with Crippen LogP contribution >= 0.6 is 11.6 Å². The van der Waals surface area contributed by atoms with Gasteiger partial charge in [0.1, 0.15) is 5.60 Å². The van der Waals surface area contributed by atoms with Crippen LogP contribution in [0.2, 0.25) is 5.02 Å². The first-order valence-electron chi connectivity index (χ1n) is 11.9. The van der Waals surface area contributed by atoms with Gasteiger partial charge >= 0.3 is 6.09 Å². The third-order valence-electron chi connectivity index (χ3n) is 6.13. The Balaban J connectivity index is 1.45. The van der Waals surface area contributed by atoms with Crippen LogP contribution in [0.5, 0.6) is 0 Å². The summed E-state index contributed by atoms with van der Waals surface area (Å²) in [4.78, 5) is 29.4. The fourth-order valence-electron chi connectivity index (χ4n) is 4.34. The van der Waals surface area contributed by atoms with E-state index in [0.717, 1.165) is 22.0 Å². The molecule has 1 aliphatic heterocycles. The zero-order chi connectivity index (χ0) is 25.2. The van der Waals surface area contributed by atoms with Gasteiger partial charge < -0.3 is 19.9 Å². The van der Waals surface area contributed by atoms with Crippen molar-refractivity contribution in [3.05, 3.63) is 76.8 Å². The highest BCUT2D eigenvalue weighted by atomic mass is 35.5. The summed E-state index contributed by atoms with van der Waals surface area (Å²) in [7, 11) is 0. The van der Waals surface area contributed by atoms with Crippen molar-refractivity contribution in [1.29, 1.82) is 0 Å². The number of nitrogens with one attached hydrogen (secondary N) is 1. The molecule has 0 radical (unpaired) electrons. The van der Waals surface area contributed by atoms with Gasteiger partial charge in [0.25, 0.3) is 5.91 Å². The molecule has 0 unspecified atom stereocenters. The second kappa shape index (κ2) is 10.2. The Labute approximate surface area is 211 Å². The molecule has 6 nitrogen and oxygen atoms in total. The molecule has 0 saturated carbocycles. The van der Waals surface area contributed by atoms with E-state index in [-0.39, 0.29) is 18.0 Å². The van der Waals surface area contributed by atoms with Crippen LogP contribution in [0.15, 0.2) is 60.7 Å². The zero-order valence-electron chi connectivity index (χ0n) is 20.7. The first-order chi connectivity index (χ1) is 16.6. The highest BCUT2D eigenvalue weighted by Gasteiger charge is 2.26. The lowest BCUT2D eigenvalue weighted by molar-refractivity contribution is 0.0240. The molecule has 2 amide bonds. The molecule has 1 atom stereocenters. The van der Waals surface area contributed by atoms with Gasteiger partial charge in [-0.15, -0.1) is 0 Å². The summed E-state index contributed by atoms with van der Waals surface area (Å²) in [6.07, 6.45) is -0.296. The van der Waals surface area contributed by atoms with Crippen molar-refractivity contribution >= 4 is 40.1 Å². The Morgan fingerprint density at radius 3 is 2.37 bits per heavy atom. The van der Waals surface area contributed by atoms with Crippen LogP contribution in [-0.2, 0) is 4.74 Å². The minimum atomic E-state index is -0.518. The zero-order valence-corrected chi connectivity index (χ0v) is 21.4. The number of carbonyl (C=O) groups excluding carboxylic acids is 2. The molecule has 0 aliphatic carbocycles. The van der Waals surface area contributed by atoms with Crippen LogP contribution in [0.3, 0.4) is 0 Å². The van der Waals surface area contributed by atoms with E-state index in [0.29, 0.717) is 36.8 Å². The molecule has 1 aliphatic rings. The van der Waals surface area contributed by atoms with Crippen LogP contribution in [0.25, 0.3) is 10.8 Å². The van der Waals surface area contributed by atoms with Crippen molar-refractivity contribution in [2.75, 3.05) is 31.1 Å². The van der Waals surface area contributed by atoms with E-state index >= 15 is 0 Å². The lowest BCUT2D eigenvalue weighted by atomic mass is 9.99. The summed E-state index contributed by atoms with van der Waals surface area (Å²) in [5.41, 5.74) is 1.88. The SMILES string of the molecule is C[C@@H](NC(=O)c1cc(N2CCN(C(=O)OC(C)(C)C)CC2)ccc1Cl)c1cccc2ccccc12. The monoisotopic (exact) mass is 493 g/mol. The van der Waals surface area contributed by atoms with Crippen LogP contribution in [0.4, 0.5) is 10.5 Å². The molecule has 1 saturated heterocycles. The quantitative estimate of drug-likeness (QED) is 0.481. The number of amides is 2. The molecular formula is C28H32ClN3O3. The summed E-state index contributed by atoms with van der Waals surface area (Å²) >= 11 is 6.43.